The number of phosphoric acid groups is 1. The highest BCUT2D eigenvalue weighted by atomic mass is 31.3. The van der Waals surface area contributed by atoms with Crippen LogP contribution >= 0.6 is 15.4 Å². The van der Waals surface area contributed by atoms with Crippen LogP contribution in [-0.4, -0.2) is 64.6 Å². The Labute approximate surface area is 185 Å². The van der Waals surface area contributed by atoms with Gasteiger partial charge in [0.1, 0.15) is 18.3 Å². The van der Waals surface area contributed by atoms with E-state index in [-0.39, 0.29) is 11.4 Å². The molecular formula is C16H21N3O12P2. The van der Waals surface area contributed by atoms with E-state index in [2.05, 4.69) is 13.8 Å². The molecule has 1 fully saturated rings. The summed E-state index contributed by atoms with van der Waals surface area (Å²) in [7, 11) is -9.90. The van der Waals surface area contributed by atoms with E-state index in [1.165, 1.54) is 18.2 Å². The van der Waals surface area contributed by atoms with Gasteiger partial charge in [-0.15, -0.1) is 0 Å². The van der Waals surface area contributed by atoms with Crippen LogP contribution in [0.15, 0.2) is 40.1 Å². The van der Waals surface area contributed by atoms with Gasteiger partial charge < -0.3 is 29.8 Å². The number of aliphatic hydroxyl groups excluding tert-OH is 3. The van der Waals surface area contributed by atoms with E-state index < -0.39 is 70.6 Å². The quantitative estimate of drug-likeness (QED) is 0.213. The summed E-state index contributed by atoms with van der Waals surface area (Å²) in [5.74, 6) is 0. The summed E-state index contributed by atoms with van der Waals surface area (Å²) in [5, 5.41) is 29.3. The molecular weight excluding hydrogens is 488 g/mol. The first kappa shape index (κ1) is 25.6. The van der Waals surface area contributed by atoms with E-state index in [0.717, 1.165) is 16.8 Å². The minimum Gasteiger partial charge on any atom is -0.390 e. The van der Waals surface area contributed by atoms with Crippen LogP contribution in [-0.2, 0) is 35.5 Å². The molecule has 2 aromatic rings. The number of rotatable bonds is 9. The Morgan fingerprint density at radius 3 is 2.48 bits per heavy atom. The first-order valence-electron chi connectivity index (χ1n) is 9.30. The lowest BCUT2D eigenvalue weighted by Crippen LogP contribution is -2.37. The highest BCUT2D eigenvalue weighted by Crippen LogP contribution is 2.61. The van der Waals surface area contributed by atoms with Crippen molar-refractivity contribution < 1.29 is 47.8 Å². The fourth-order valence-corrected chi connectivity index (χ4v) is 5.65. The lowest BCUT2D eigenvalue weighted by atomic mass is 10.1. The number of hydrogen-bond donors (Lipinski definition) is 6. The fourth-order valence-electron chi connectivity index (χ4n) is 3.02. The van der Waals surface area contributed by atoms with Crippen molar-refractivity contribution in [2.75, 3.05) is 6.61 Å². The maximum atomic E-state index is 12.2. The minimum atomic E-state index is -5.16. The average Bonchev–Trinajstić information content (AvgIpc) is 3.00. The summed E-state index contributed by atoms with van der Waals surface area (Å²) < 4.78 is 39.5. The molecule has 0 saturated carbocycles. The summed E-state index contributed by atoms with van der Waals surface area (Å²) in [6.45, 7) is -1.29. The molecule has 0 amide bonds. The maximum absolute atomic E-state index is 12.2. The van der Waals surface area contributed by atoms with Crippen molar-refractivity contribution in [3.05, 3.63) is 62.7 Å². The van der Waals surface area contributed by atoms with Crippen molar-refractivity contribution in [2.45, 2.75) is 37.3 Å². The third-order valence-electron chi connectivity index (χ3n) is 4.48. The van der Waals surface area contributed by atoms with E-state index in [1.54, 1.807) is 0 Å². The van der Waals surface area contributed by atoms with Crippen molar-refractivity contribution in [1.82, 2.24) is 14.5 Å². The van der Waals surface area contributed by atoms with Crippen LogP contribution < -0.4 is 11.2 Å². The van der Waals surface area contributed by atoms with E-state index in [4.69, 9.17) is 9.84 Å². The molecule has 2 unspecified atom stereocenters. The second-order valence-corrected chi connectivity index (χ2v) is 10.4. The Morgan fingerprint density at radius 1 is 1.12 bits per heavy atom. The predicted octanol–water partition coefficient (Wildman–Crippen LogP) is -1.44. The van der Waals surface area contributed by atoms with Crippen LogP contribution in [0.25, 0.3) is 0 Å². The van der Waals surface area contributed by atoms with Gasteiger partial charge in [0.15, 0.2) is 6.23 Å². The number of nitrogens with zero attached hydrogens (tertiary/aromatic N) is 2. The van der Waals surface area contributed by atoms with Crippen LogP contribution in [0, 0.1) is 0 Å². The smallest absolute Gasteiger partial charge is 0.390 e. The number of aromatic amines is 1. The lowest BCUT2D eigenvalue weighted by molar-refractivity contribution is -0.0541. The molecule has 15 nitrogen and oxygen atoms in total. The molecule has 3 heterocycles. The van der Waals surface area contributed by atoms with Crippen LogP contribution in [0.2, 0.25) is 0 Å². The zero-order chi connectivity index (χ0) is 24.4. The van der Waals surface area contributed by atoms with Crippen LogP contribution in [0.4, 0.5) is 0 Å². The molecule has 0 radical (unpaired) electrons. The standard InChI is InChI=1S/C16H21N3O12P2/c20-6-9-2-1-3-10(17-9)8-32(25,26)31-33(27,28)29-7-11-13(22)14(23)15(30-11)19-5-4-12(21)18-16(19)24/h1-5,11,13-15,20,22-23H,6-8H2,(H,25,26)(H,27,28)(H,18,21,24)/t11-,13-,14-,15-/m1/s1. The monoisotopic (exact) mass is 509 g/mol. The summed E-state index contributed by atoms with van der Waals surface area (Å²) in [4.78, 5) is 48.6. The van der Waals surface area contributed by atoms with Crippen LogP contribution in [0.1, 0.15) is 17.6 Å². The molecule has 17 heteroatoms. The first-order valence-corrected chi connectivity index (χ1v) is 12.6. The van der Waals surface area contributed by atoms with Crippen molar-refractivity contribution in [2.24, 2.45) is 0 Å². The molecule has 2 aromatic heterocycles. The van der Waals surface area contributed by atoms with Gasteiger partial charge in [0.2, 0.25) is 0 Å². The van der Waals surface area contributed by atoms with Gasteiger partial charge in [-0.05, 0) is 12.1 Å². The van der Waals surface area contributed by atoms with Crippen LogP contribution in [0.3, 0.4) is 0 Å². The second-order valence-electron chi connectivity index (χ2n) is 6.98. The van der Waals surface area contributed by atoms with E-state index in [0.29, 0.717) is 0 Å². The van der Waals surface area contributed by atoms with Gasteiger partial charge in [-0.2, -0.15) is 0 Å². The number of nitrogens with one attached hydrogen (secondary N) is 1. The topological polar surface area (TPSA) is 231 Å². The van der Waals surface area contributed by atoms with Gasteiger partial charge in [-0.25, -0.2) is 13.7 Å². The van der Waals surface area contributed by atoms with Gasteiger partial charge in [0.05, 0.1) is 30.8 Å². The first-order chi connectivity index (χ1) is 15.4. The Kier molecular flexibility index (Phi) is 7.81. The third kappa shape index (κ3) is 6.52. The summed E-state index contributed by atoms with van der Waals surface area (Å²) in [5.41, 5.74) is -1.41. The number of phosphoric ester groups is 1. The second kappa shape index (κ2) is 10.1. The molecule has 6 N–H and O–H groups in total. The van der Waals surface area contributed by atoms with Gasteiger partial charge in [0, 0.05) is 12.3 Å². The number of aliphatic hydroxyl groups is 3. The van der Waals surface area contributed by atoms with Crippen molar-refractivity contribution >= 4 is 15.4 Å². The van der Waals surface area contributed by atoms with Gasteiger partial charge in [-0.1, -0.05) is 6.07 Å². The summed E-state index contributed by atoms with van der Waals surface area (Å²) in [6, 6.07) is 5.24. The number of hydrogen-bond acceptors (Lipinski definition) is 11. The maximum Gasteiger partial charge on any atom is 0.479 e. The molecule has 1 saturated heterocycles. The zero-order valence-corrected chi connectivity index (χ0v) is 18.5. The number of ether oxygens (including phenoxy) is 1. The highest BCUT2D eigenvalue weighted by Gasteiger charge is 2.45. The average molecular weight is 509 g/mol. The molecule has 0 bridgehead atoms. The summed E-state index contributed by atoms with van der Waals surface area (Å²) >= 11 is 0. The normalized spacial score (nSPS) is 26.6. The largest absolute Gasteiger partial charge is 0.479 e. The van der Waals surface area contributed by atoms with E-state index in [1.807, 2.05) is 4.98 Å². The summed E-state index contributed by atoms with van der Waals surface area (Å²) in [6.07, 6.45) is -5.98. The number of H-pyrrole nitrogens is 1. The molecule has 0 spiro atoms. The Bertz CT molecular complexity index is 1200. The fraction of sp³-hybridized carbons (Fsp3) is 0.438. The highest BCUT2D eigenvalue weighted by molar-refractivity contribution is 7.63. The molecule has 0 aliphatic carbocycles. The Balaban J connectivity index is 1.63. The minimum absolute atomic E-state index is 0.0132. The molecule has 33 heavy (non-hydrogen) atoms. The number of aromatic nitrogens is 3. The lowest BCUT2D eigenvalue weighted by Gasteiger charge is -2.19. The number of pyridine rings is 1. The molecule has 0 aromatic carbocycles. The molecule has 6 atom stereocenters. The third-order valence-corrected chi connectivity index (χ3v) is 7.53. The van der Waals surface area contributed by atoms with E-state index >= 15 is 0 Å². The van der Waals surface area contributed by atoms with Crippen molar-refractivity contribution in [3.63, 3.8) is 0 Å². The Hall–Kier alpha value is -2.03. The molecule has 182 valence electrons. The zero-order valence-electron chi connectivity index (χ0n) is 16.7. The van der Waals surface area contributed by atoms with Gasteiger partial charge in [-0.3, -0.25) is 28.4 Å². The predicted molar refractivity (Wildman–Crippen MR) is 108 cm³/mol. The van der Waals surface area contributed by atoms with Gasteiger partial charge in [0.25, 0.3) is 5.56 Å². The molecule has 1 aliphatic rings. The SMILES string of the molecule is O=c1ccn([C@@H]2O[C@H](COP(=O)(O)OP(=O)(O)Cc3cccc(CO)n3)[C@@H](O)[C@H]2O)c(=O)[nH]1. The van der Waals surface area contributed by atoms with E-state index in [9.17, 15) is 38.7 Å². The van der Waals surface area contributed by atoms with Crippen molar-refractivity contribution in [1.29, 1.82) is 0 Å². The van der Waals surface area contributed by atoms with Crippen molar-refractivity contribution in [3.8, 4) is 0 Å². The molecule has 1 aliphatic heterocycles. The Morgan fingerprint density at radius 2 is 1.82 bits per heavy atom. The van der Waals surface area contributed by atoms with Crippen LogP contribution in [0.5, 0.6) is 0 Å². The van der Waals surface area contributed by atoms with Gasteiger partial charge >= 0.3 is 21.1 Å². The molecule has 3 rings (SSSR count).